The van der Waals surface area contributed by atoms with E-state index in [-0.39, 0.29) is 6.04 Å². The van der Waals surface area contributed by atoms with E-state index in [1.165, 1.54) is 0 Å². The monoisotopic (exact) mass is 175 g/mol. The Balaban J connectivity index is 4.18. The highest BCUT2D eigenvalue weighted by atomic mass is 16.5. The zero-order valence-electron chi connectivity index (χ0n) is 8.07. The summed E-state index contributed by atoms with van der Waals surface area (Å²) < 4.78 is 4.93. The van der Waals surface area contributed by atoms with Crippen LogP contribution in [0, 0.1) is 5.92 Å². The Bertz CT molecular complexity index is 147. The van der Waals surface area contributed by atoms with E-state index in [4.69, 9.17) is 9.84 Å². The summed E-state index contributed by atoms with van der Waals surface area (Å²) in [4.78, 5) is 12.5. The molecule has 0 aromatic heterocycles. The maximum Gasteiger partial charge on any atom is 0.307 e. The van der Waals surface area contributed by atoms with Crippen LogP contribution in [0.25, 0.3) is 0 Å². The predicted molar refractivity (Wildman–Crippen MR) is 46.2 cm³/mol. The van der Waals surface area contributed by atoms with Gasteiger partial charge in [0.05, 0.1) is 12.5 Å². The molecule has 0 radical (unpaired) electrons. The Kier molecular flexibility index (Phi) is 4.85. The number of hydrogen-bond donors (Lipinski definition) is 1. The lowest BCUT2D eigenvalue weighted by atomic mass is 10.0. The Morgan fingerprint density at radius 2 is 2.08 bits per heavy atom. The van der Waals surface area contributed by atoms with Gasteiger partial charge in [0, 0.05) is 13.2 Å². The van der Waals surface area contributed by atoms with Gasteiger partial charge in [0.25, 0.3) is 0 Å². The molecular formula is C8H17NO3. The van der Waals surface area contributed by atoms with Crippen molar-refractivity contribution < 1.29 is 14.6 Å². The van der Waals surface area contributed by atoms with Crippen LogP contribution in [0.3, 0.4) is 0 Å². The average molecular weight is 175 g/mol. The number of carboxylic acids is 1. The van der Waals surface area contributed by atoms with Crippen molar-refractivity contribution in [1.82, 2.24) is 4.90 Å². The molecule has 0 rings (SSSR count). The van der Waals surface area contributed by atoms with Crippen LogP contribution in [0.15, 0.2) is 0 Å². The second-order valence-electron chi connectivity index (χ2n) is 3.11. The molecule has 4 heteroatoms. The minimum Gasteiger partial charge on any atom is -0.481 e. The molecule has 0 aliphatic carbocycles. The highest BCUT2D eigenvalue weighted by Gasteiger charge is 2.24. The van der Waals surface area contributed by atoms with E-state index in [0.29, 0.717) is 6.61 Å². The Morgan fingerprint density at radius 3 is 2.33 bits per heavy atom. The number of ether oxygens (including phenoxy) is 1. The molecule has 0 aromatic rings. The van der Waals surface area contributed by atoms with Crippen molar-refractivity contribution in [1.29, 1.82) is 0 Å². The molecule has 0 aliphatic heterocycles. The summed E-state index contributed by atoms with van der Waals surface area (Å²) in [5.74, 6) is -1.19. The van der Waals surface area contributed by atoms with Gasteiger partial charge in [-0.25, -0.2) is 0 Å². The SMILES string of the molecule is COCC(C(C)C(=O)O)N(C)C. The molecule has 1 N–H and O–H groups in total. The molecular weight excluding hydrogens is 158 g/mol. The molecule has 0 saturated carbocycles. The number of likely N-dealkylation sites (N-methyl/N-ethyl adjacent to an activating group) is 1. The van der Waals surface area contributed by atoms with Crippen molar-refractivity contribution in [2.75, 3.05) is 27.8 Å². The first-order valence-corrected chi connectivity index (χ1v) is 3.88. The van der Waals surface area contributed by atoms with E-state index >= 15 is 0 Å². The maximum absolute atomic E-state index is 10.6. The Morgan fingerprint density at radius 1 is 1.58 bits per heavy atom. The van der Waals surface area contributed by atoms with Crippen molar-refractivity contribution >= 4 is 5.97 Å². The third-order valence-electron chi connectivity index (χ3n) is 1.97. The number of rotatable bonds is 5. The molecule has 2 unspecified atom stereocenters. The molecule has 0 amide bonds. The fourth-order valence-corrected chi connectivity index (χ4v) is 1.08. The van der Waals surface area contributed by atoms with Crippen molar-refractivity contribution in [3.8, 4) is 0 Å². The van der Waals surface area contributed by atoms with E-state index in [9.17, 15) is 4.79 Å². The van der Waals surface area contributed by atoms with Gasteiger partial charge in [-0.3, -0.25) is 4.79 Å². The van der Waals surface area contributed by atoms with Gasteiger partial charge in [0.1, 0.15) is 0 Å². The van der Waals surface area contributed by atoms with Gasteiger partial charge in [0.15, 0.2) is 0 Å². The standard InChI is InChI=1S/C8H17NO3/c1-6(8(10)11)7(5-12-4)9(2)3/h6-7H,5H2,1-4H3,(H,10,11). The van der Waals surface area contributed by atoms with Gasteiger partial charge in [-0.1, -0.05) is 6.92 Å². The van der Waals surface area contributed by atoms with Crippen LogP contribution in [0.2, 0.25) is 0 Å². The van der Waals surface area contributed by atoms with Crippen molar-refractivity contribution in [3.05, 3.63) is 0 Å². The molecule has 0 aromatic carbocycles. The van der Waals surface area contributed by atoms with E-state index < -0.39 is 11.9 Å². The largest absolute Gasteiger partial charge is 0.481 e. The molecule has 12 heavy (non-hydrogen) atoms. The van der Waals surface area contributed by atoms with Gasteiger partial charge >= 0.3 is 5.97 Å². The maximum atomic E-state index is 10.6. The minimum absolute atomic E-state index is 0.0625. The summed E-state index contributed by atoms with van der Waals surface area (Å²) in [6.45, 7) is 2.13. The quantitative estimate of drug-likeness (QED) is 0.652. The predicted octanol–water partition coefficient (Wildman–Crippen LogP) is 0.284. The van der Waals surface area contributed by atoms with Crippen molar-refractivity contribution in [2.45, 2.75) is 13.0 Å². The van der Waals surface area contributed by atoms with Crippen LogP contribution in [0.1, 0.15) is 6.92 Å². The lowest BCUT2D eigenvalue weighted by molar-refractivity contribution is -0.144. The van der Waals surface area contributed by atoms with Crippen LogP contribution in [-0.2, 0) is 9.53 Å². The molecule has 0 bridgehead atoms. The first kappa shape index (κ1) is 11.4. The zero-order valence-corrected chi connectivity index (χ0v) is 8.07. The average Bonchev–Trinajstić information content (AvgIpc) is 1.98. The van der Waals surface area contributed by atoms with E-state index in [1.807, 2.05) is 19.0 Å². The van der Waals surface area contributed by atoms with Gasteiger partial charge in [-0.2, -0.15) is 0 Å². The lowest BCUT2D eigenvalue weighted by Gasteiger charge is -2.26. The van der Waals surface area contributed by atoms with Crippen LogP contribution < -0.4 is 0 Å². The smallest absolute Gasteiger partial charge is 0.307 e. The van der Waals surface area contributed by atoms with Gasteiger partial charge in [0.2, 0.25) is 0 Å². The number of carbonyl (C=O) groups is 1. The highest BCUT2D eigenvalue weighted by Crippen LogP contribution is 2.08. The van der Waals surface area contributed by atoms with Crippen molar-refractivity contribution in [3.63, 3.8) is 0 Å². The molecule has 0 aliphatic rings. The molecule has 72 valence electrons. The third kappa shape index (κ3) is 3.19. The lowest BCUT2D eigenvalue weighted by Crippen LogP contribution is -2.41. The number of hydrogen-bond acceptors (Lipinski definition) is 3. The number of carboxylic acid groups (broad SMARTS) is 1. The van der Waals surface area contributed by atoms with Crippen molar-refractivity contribution in [2.24, 2.45) is 5.92 Å². The van der Waals surface area contributed by atoms with Gasteiger partial charge < -0.3 is 14.7 Å². The van der Waals surface area contributed by atoms with E-state index in [0.717, 1.165) is 0 Å². The summed E-state index contributed by atoms with van der Waals surface area (Å²) in [5, 5.41) is 8.75. The summed E-state index contributed by atoms with van der Waals surface area (Å²) in [6.07, 6.45) is 0. The first-order chi connectivity index (χ1) is 5.50. The third-order valence-corrected chi connectivity index (χ3v) is 1.97. The Hall–Kier alpha value is -0.610. The van der Waals surface area contributed by atoms with Crippen LogP contribution in [-0.4, -0.2) is 49.8 Å². The zero-order chi connectivity index (χ0) is 9.72. The molecule has 0 spiro atoms. The molecule has 0 fully saturated rings. The summed E-state index contributed by atoms with van der Waals surface area (Å²) in [5.41, 5.74) is 0. The Labute approximate surface area is 73.1 Å². The second kappa shape index (κ2) is 5.11. The summed E-state index contributed by atoms with van der Waals surface area (Å²) in [7, 11) is 5.28. The highest BCUT2D eigenvalue weighted by molar-refractivity contribution is 5.70. The molecule has 2 atom stereocenters. The van der Waals surface area contributed by atoms with Gasteiger partial charge in [-0.05, 0) is 14.1 Å². The fourth-order valence-electron chi connectivity index (χ4n) is 1.08. The van der Waals surface area contributed by atoms with Crippen LogP contribution in [0.4, 0.5) is 0 Å². The van der Waals surface area contributed by atoms with E-state index in [2.05, 4.69) is 0 Å². The minimum atomic E-state index is -0.786. The van der Waals surface area contributed by atoms with Gasteiger partial charge in [-0.15, -0.1) is 0 Å². The summed E-state index contributed by atoms with van der Waals surface area (Å²) in [6, 6.07) is -0.0625. The second-order valence-corrected chi connectivity index (χ2v) is 3.11. The van der Waals surface area contributed by atoms with Crippen LogP contribution >= 0.6 is 0 Å². The summed E-state index contributed by atoms with van der Waals surface area (Å²) >= 11 is 0. The number of nitrogens with zero attached hydrogens (tertiary/aromatic N) is 1. The normalized spacial score (nSPS) is 16.1. The molecule has 0 saturated heterocycles. The van der Waals surface area contributed by atoms with Crippen LogP contribution in [0.5, 0.6) is 0 Å². The topological polar surface area (TPSA) is 49.8 Å². The molecule has 0 heterocycles. The number of aliphatic carboxylic acids is 1. The first-order valence-electron chi connectivity index (χ1n) is 3.88. The number of methoxy groups -OCH3 is 1. The fraction of sp³-hybridized carbons (Fsp3) is 0.875. The van der Waals surface area contributed by atoms with E-state index in [1.54, 1.807) is 14.0 Å². The molecule has 4 nitrogen and oxygen atoms in total.